The van der Waals surface area contributed by atoms with Gasteiger partial charge in [0.05, 0.1) is 12.1 Å². The second kappa shape index (κ2) is 5.34. The average molecular weight is 253 g/mol. The van der Waals surface area contributed by atoms with Gasteiger partial charge in [-0.3, -0.25) is 0 Å². The van der Waals surface area contributed by atoms with Crippen molar-refractivity contribution in [3.05, 3.63) is 11.7 Å². The van der Waals surface area contributed by atoms with Gasteiger partial charge in [0.2, 0.25) is 5.89 Å². The number of nitrogens with zero attached hydrogens (tertiary/aromatic N) is 2. The van der Waals surface area contributed by atoms with Crippen molar-refractivity contribution in [2.45, 2.75) is 31.4 Å². The van der Waals surface area contributed by atoms with Crippen molar-refractivity contribution < 1.29 is 14.0 Å². The summed E-state index contributed by atoms with van der Waals surface area (Å²) >= 11 is 0. The predicted octanol–water partition coefficient (Wildman–Crippen LogP) is 0.698. The second-order valence-electron chi connectivity index (χ2n) is 5.04. The number of nitrogens with one attached hydrogen (secondary N) is 1. The van der Waals surface area contributed by atoms with Crippen LogP contribution in [0.2, 0.25) is 0 Å². The Hall–Kier alpha value is -0.980. The lowest BCUT2D eigenvalue weighted by Gasteiger charge is -2.04. The predicted molar refractivity (Wildman–Crippen MR) is 63.1 cm³/mol. The third-order valence-corrected chi connectivity index (χ3v) is 3.70. The van der Waals surface area contributed by atoms with E-state index in [0.29, 0.717) is 11.8 Å². The average Bonchev–Trinajstić information content (AvgIpc) is 3.09. The number of methoxy groups -OCH3 is 1. The number of hydrogen-bond acceptors (Lipinski definition) is 6. The van der Waals surface area contributed by atoms with Crippen LogP contribution >= 0.6 is 0 Å². The zero-order valence-electron chi connectivity index (χ0n) is 10.6. The van der Waals surface area contributed by atoms with Crippen molar-refractivity contribution in [2.24, 2.45) is 5.92 Å². The second-order valence-corrected chi connectivity index (χ2v) is 5.04. The van der Waals surface area contributed by atoms with Gasteiger partial charge in [0.25, 0.3) is 0 Å². The fraction of sp³-hybridized carbons (Fsp3) is 0.833. The molecule has 3 unspecified atom stereocenters. The molecule has 3 atom stereocenters. The van der Waals surface area contributed by atoms with Gasteiger partial charge in [-0.2, -0.15) is 4.98 Å². The van der Waals surface area contributed by atoms with Crippen molar-refractivity contribution in [3.8, 4) is 0 Å². The summed E-state index contributed by atoms with van der Waals surface area (Å²) in [5.41, 5.74) is 0. The molecule has 0 aromatic carbocycles. The zero-order chi connectivity index (χ0) is 12.4. The summed E-state index contributed by atoms with van der Waals surface area (Å²) in [6.45, 7) is 2.52. The van der Waals surface area contributed by atoms with Gasteiger partial charge in [-0.15, -0.1) is 0 Å². The van der Waals surface area contributed by atoms with E-state index in [9.17, 15) is 0 Å². The summed E-state index contributed by atoms with van der Waals surface area (Å²) in [7, 11) is 1.73. The minimum Gasteiger partial charge on any atom is -0.381 e. The number of ether oxygens (including phenoxy) is 2. The summed E-state index contributed by atoms with van der Waals surface area (Å²) in [6.07, 6.45) is 3.08. The van der Waals surface area contributed by atoms with Gasteiger partial charge in [-0.1, -0.05) is 5.16 Å². The van der Waals surface area contributed by atoms with E-state index < -0.39 is 0 Å². The van der Waals surface area contributed by atoms with Crippen LogP contribution < -0.4 is 5.32 Å². The van der Waals surface area contributed by atoms with E-state index in [1.165, 1.54) is 0 Å². The van der Waals surface area contributed by atoms with Gasteiger partial charge in [0, 0.05) is 33.3 Å². The van der Waals surface area contributed by atoms with Gasteiger partial charge >= 0.3 is 0 Å². The minimum absolute atomic E-state index is 0.135. The topological polar surface area (TPSA) is 69.4 Å². The first-order valence-electron chi connectivity index (χ1n) is 6.51. The van der Waals surface area contributed by atoms with Gasteiger partial charge in [0.15, 0.2) is 5.82 Å². The molecule has 3 heterocycles. The Morgan fingerprint density at radius 3 is 3.17 bits per heavy atom. The van der Waals surface area contributed by atoms with Crippen LogP contribution in [0.3, 0.4) is 0 Å². The van der Waals surface area contributed by atoms with Gasteiger partial charge in [-0.25, -0.2) is 0 Å². The smallest absolute Gasteiger partial charge is 0.243 e. The van der Waals surface area contributed by atoms with Crippen LogP contribution in [0.15, 0.2) is 4.52 Å². The summed E-state index contributed by atoms with van der Waals surface area (Å²) in [5.74, 6) is 2.02. The van der Waals surface area contributed by atoms with Crippen molar-refractivity contribution in [2.75, 3.05) is 26.9 Å². The highest BCUT2D eigenvalue weighted by Gasteiger charge is 2.29. The summed E-state index contributed by atoms with van der Waals surface area (Å²) in [4.78, 5) is 4.47. The molecule has 6 heteroatoms. The quantitative estimate of drug-likeness (QED) is 0.851. The van der Waals surface area contributed by atoms with E-state index in [4.69, 9.17) is 14.0 Å². The lowest BCUT2D eigenvalue weighted by molar-refractivity contribution is 0.116. The fourth-order valence-corrected chi connectivity index (χ4v) is 2.57. The molecule has 1 aromatic rings. The van der Waals surface area contributed by atoms with Crippen LogP contribution in [-0.4, -0.2) is 43.1 Å². The molecule has 2 aliphatic heterocycles. The maximum Gasteiger partial charge on any atom is 0.243 e. The first-order valence-corrected chi connectivity index (χ1v) is 6.51. The van der Waals surface area contributed by atoms with Crippen LogP contribution in [0.25, 0.3) is 0 Å². The third-order valence-electron chi connectivity index (χ3n) is 3.70. The largest absolute Gasteiger partial charge is 0.381 e. The van der Waals surface area contributed by atoms with Crippen LogP contribution in [0.1, 0.15) is 30.6 Å². The molecular formula is C12H19N3O3. The number of rotatable bonds is 4. The summed E-state index contributed by atoms with van der Waals surface area (Å²) in [5, 5.41) is 7.39. The normalized spacial score (nSPS) is 32.2. The molecule has 0 amide bonds. The van der Waals surface area contributed by atoms with Gasteiger partial charge < -0.3 is 19.3 Å². The van der Waals surface area contributed by atoms with E-state index in [1.54, 1.807) is 7.11 Å². The van der Waals surface area contributed by atoms with E-state index in [0.717, 1.165) is 44.8 Å². The maximum atomic E-state index is 5.35. The molecule has 0 spiro atoms. The van der Waals surface area contributed by atoms with Gasteiger partial charge in [0.1, 0.15) is 0 Å². The van der Waals surface area contributed by atoms with Crippen LogP contribution in [-0.2, 0) is 15.9 Å². The Labute approximate surface area is 106 Å². The van der Waals surface area contributed by atoms with Crippen molar-refractivity contribution in [1.82, 2.24) is 15.5 Å². The van der Waals surface area contributed by atoms with E-state index in [1.807, 2.05) is 0 Å². The lowest BCUT2D eigenvalue weighted by atomic mass is 10.1. The molecule has 3 rings (SSSR count). The first kappa shape index (κ1) is 12.1. The molecule has 2 saturated heterocycles. The maximum absolute atomic E-state index is 5.35. The highest BCUT2D eigenvalue weighted by atomic mass is 16.5. The Morgan fingerprint density at radius 1 is 1.50 bits per heavy atom. The Kier molecular flexibility index (Phi) is 3.58. The van der Waals surface area contributed by atoms with Crippen molar-refractivity contribution >= 4 is 0 Å². The SMILES string of the molecule is COC1CNC(c2nc(CC3CCOC3)no2)C1. The third kappa shape index (κ3) is 2.55. The molecule has 6 nitrogen and oxygen atoms in total. The summed E-state index contributed by atoms with van der Waals surface area (Å²) in [6, 6.07) is 0.135. The minimum atomic E-state index is 0.135. The Morgan fingerprint density at radius 2 is 2.44 bits per heavy atom. The molecule has 0 radical (unpaired) electrons. The molecule has 100 valence electrons. The highest BCUT2D eigenvalue weighted by Crippen LogP contribution is 2.24. The highest BCUT2D eigenvalue weighted by molar-refractivity contribution is 4.98. The first-order chi connectivity index (χ1) is 8.85. The van der Waals surface area contributed by atoms with Crippen molar-refractivity contribution in [1.29, 1.82) is 0 Å². The number of hydrogen-bond donors (Lipinski definition) is 1. The molecule has 0 bridgehead atoms. The number of aromatic nitrogens is 2. The van der Waals surface area contributed by atoms with Crippen LogP contribution in [0.5, 0.6) is 0 Å². The van der Waals surface area contributed by atoms with Crippen LogP contribution in [0.4, 0.5) is 0 Å². The van der Waals surface area contributed by atoms with Crippen LogP contribution in [0, 0.1) is 5.92 Å². The molecule has 1 aromatic heterocycles. The Bertz CT molecular complexity index is 390. The van der Waals surface area contributed by atoms with E-state index >= 15 is 0 Å². The molecule has 1 N–H and O–H groups in total. The zero-order valence-corrected chi connectivity index (χ0v) is 10.6. The lowest BCUT2D eigenvalue weighted by Crippen LogP contribution is -2.16. The molecule has 2 aliphatic rings. The monoisotopic (exact) mass is 253 g/mol. The van der Waals surface area contributed by atoms with Gasteiger partial charge in [-0.05, 0) is 18.8 Å². The molecule has 0 aliphatic carbocycles. The summed E-state index contributed by atoms with van der Waals surface area (Å²) < 4.78 is 16.0. The standard InChI is InChI=1S/C12H19N3O3/c1-16-9-5-10(13-6-9)12-14-11(15-18-12)4-8-2-3-17-7-8/h8-10,13H,2-7H2,1H3. The molecule has 2 fully saturated rings. The van der Waals surface area contributed by atoms with E-state index in [-0.39, 0.29) is 12.1 Å². The van der Waals surface area contributed by atoms with E-state index in [2.05, 4.69) is 15.5 Å². The Balaban J connectivity index is 1.59. The van der Waals surface area contributed by atoms with Crippen molar-refractivity contribution in [3.63, 3.8) is 0 Å². The molecular weight excluding hydrogens is 234 g/mol. The molecule has 0 saturated carbocycles. The molecule has 18 heavy (non-hydrogen) atoms. The fourth-order valence-electron chi connectivity index (χ4n) is 2.57.